The van der Waals surface area contributed by atoms with Crippen molar-refractivity contribution < 1.29 is 17.9 Å². The molecule has 2 aromatic carbocycles. The van der Waals surface area contributed by atoms with Crippen LogP contribution in [0.5, 0.6) is 5.88 Å². The van der Waals surface area contributed by atoms with Gasteiger partial charge in [0.1, 0.15) is 6.61 Å². The van der Waals surface area contributed by atoms with E-state index in [4.69, 9.17) is 4.74 Å². The number of fused-ring (bicyclic) bond motifs is 7. The summed E-state index contributed by atoms with van der Waals surface area (Å²) in [5, 5.41) is 0. The summed E-state index contributed by atoms with van der Waals surface area (Å²) in [5.41, 5.74) is 3.82. The SMILES string of the molecule is Cc1cccc(C)c1-c1cc2nc(n1)NS(=O)(=O)c1cccc(c1)C(=O)N1CCN(CC3CC4C=CC3CC4)C[C@@H]1CO2. The van der Waals surface area contributed by atoms with E-state index in [1.54, 1.807) is 18.2 Å². The monoisotopic (exact) mass is 599 g/mol. The number of hydrogen-bond acceptors (Lipinski definition) is 7. The lowest BCUT2D eigenvalue weighted by Crippen LogP contribution is -2.58. The van der Waals surface area contributed by atoms with E-state index in [0.717, 1.165) is 29.8 Å². The minimum Gasteiger partial charge on any atom is -0.475 e. The Kier molecular flexibility index (Phi) is 7.21. The summed E-state index contributed by atoms with van der Waals surface area (Å²) >= 11 is 0. The molecule has 1 N–H and O–H groups in total. The van der Waals surface area contributed by atoms with Crippen molar-refractivity contribution in [1.29, 1.82) is 0 Å². The number of carbonyl (C=O) groups excluding carboxylic acids is 1. The quantitative estimate of drug-likeness (QED) is 0.436. The summed E-state index contributed by atoms with van der Waals surface area (Å²) in [6, 6.07) is 13.7. The molecule has 10 heteroatoms. The Bertz CT molecular complexity index is 1690. The molecule has 1 aromatic heterocycles. The molecule has 8 rings (SSSR count). The van der Waals surface area contributed by atoms with E-state index < -0.39 is 10.0 Å². The first kappa shape index (κ1) is 28.0. The molecule has 1 saturated heterocycles. The number of benzene rings is 2. The number of nitrogens with one attached hydrogen (secondary N) is 1. The van der Waals surface area contributed by atoms with Gasteiger partial charge in [-0.2, -0.15) is 4.98 Å². The highest BCUT2D eigenvalue weighted by Crippen LogP contribution is 2.41. The number of aryl methyl sites for hydroxylation is 2. The zero-order chi connectivity index (χ0) is 29.7. The van der Waals surface area contributed by atoms with E-state index in [1.807, 2.05) is 36.9 Å². The van der Waals surface area contributed by atoms with Crippen molar-refractivity contribution in [3.8, 4) is 17.1 Å². The molecule has 1 amide bonds. The molecule has 224 valence electrons. The number of allylic oxidation sites excluding steroid dienone is 2. The minimum atomic E-state index is -4.08. The van der Waals surface area contributed by atoms with Crippen LogP contribution in [0.2, 0.25) is 0 Å². The number of aromatic nitrogens is 2. The van der Waals surface area contributed by atoms with Crippen molar-refractivity contribution in [1.82, 2.24) is 19.8 Å². The van der Waals surface area contributed by atoms with Gasteiger partial charge in [-0.3, -0.25) is 9.69 Å². The van der Waals surface area contributed by atoms with Gasteiger partial charge in [0.15, 0.2) is 0 Å². The number of piperazine rings is 1. The van der Waals surface area contributed by atoms with Gasteiger partial charge in [0.25, 0.3) is 15.9 Å². The lowest BCUT2D eigenvalue weighted by Gasteiger charge is -2.45. The van der Waals surface area contributed by atoms with Gasteiger partial charge in [0.05, 0.1) is 16.6 Å². The van der Waals surface area contributed by atoms with Gasteiger partial charge in [-0.05, 0) is 80.2 Å². The van der Waals surface area contributed by atoms with Gasteiger partial charge < -0.3 is 9.64 Å². The maximum atomic E-state index is 13.9. The first-order valence-electron chi connectivity index (χ1n) is 15.2. The third kappa shape index (κ3) is 5.54. The van der Waals surface area contributed by atoms with Crippen LogP contribution in [0.1, 0.15) is 40.7 Å². The Labute approximate surface area is 253 Å². The molecule has 5 aliphatic rings. The third-order valence-electron chi connectivity index (χ3n) is 9.51. The normalized spacial score (nSPS) is 26.4. The fourth-order valence-electron chi connectivity index (χ4n) is 7.30. The third-order valence-corrected chi connectivity index (χ3v) is 10.8. The maximum Gasteiger partial charge on any atom is 0.264 e. The Morgan fingerprint density at radius 2 is 1.81 bits per heavy atom. The van der Waals surface area contributed by atoms with Crippen LogP contribution in [0.4, 0.5) is 5.95 Å². The van der Waals surface area contributed by atoms with Crippen LogP contribution in [-0.4, -0.2) is 72.9 Å². The highest BCUT2D eigenvalue weighted by molar-refractivity contribution is 7.92. The second-order valence-electron chi connectivity index (χ2n) is 12.4. The highest BCUT2D eigenvalue weighted by atomic mass is 32.2. The molecule has 3 unspecified atom stereocenters. The van der Waals surface area contributed by atoms with Crippen molar-refractivity contribution in [2.45, 2.75) is 44.0 Å². The molecule has 3 heterocycles. The van der Waals surface area contributed by atoms with Crippen molar-refractivity contribution in [2.75, 3.05) is 37.5 Å². The fraction of sp³-hybridized carbons (Fsp3) is 0.424. The molecule has 2 fully saturated rings. The summed E-state index contributed by atoms with van der Waals surface area (Å²) < 4.78 is 35.8. The summed E-state index contributed by atoms with van der Waals surface area (Å²) in [7, 11) is -4.08. The molecule has 6 bridgehead atoms. The first-order valence-corrected chi connectivity index (χ1v) is 16.6. The van der Waals surface area contributed by atoms with E-state index in [0.29, 0.717) is 42.1 Å². The number of amides is 1. The Balaban J connectivity index is 1.25. The number of nitrogens with zero attached hydrogens (tertiary/aromatic N) is 4. The predicted octanol–water partition coefficient (Wildman–Crippen LogP) is 4.68. The molecule has 1 saturated carbocycles. The van der Waals surface area contributed by atoms with E-state index in [2.05, 4.69) is 31.7 Å². The zero-order valence-corrected chi connectivity index (χ0v) is 25.4. The largest absolute Gasteiger partial charge is 0.475 e. The molecular weight excluding hydrogens is 562 g/mol. The van der Waals surface area contributed by atoms with Gasteiger partial charge in [-0.1, -0.05) is 36.4 Å². The first-order chi connectivity index (χ1) is 20.7. The number of hydrogen-bond donors (Lipinski definition) is 1. The fourth-order valence-corrected chi connectivity index (χ4v) is 8.29. The number of carbonyl (C=O) groups is 1. The van der Waals surface area contributed by atoms with Crippen LogP contribution in [0, 0.1) is 31.6 Å². The lowest BCUT2D eigenvalue weighted by atomic mass is 9.69. The Morgan fingerprint density at radius 3 is 2.56 bits per heavy atom. The van der Waals surface area contributed by atoms with E-state index in [9.17, 15) is 13.2 Å². The van der Waals surface area contributed by atoms with Crippen LogP contribution in [0.25, 0.3) is 11.3 Å². The highest BCUT2D eigenvalue weighted by Gasteiger charge is 2.37. The maximum absolute atomic E-state index is 13.9. The zero-order valence-electron chi connectivity index (χ0n) is 24.6. The summed E-state index contributed by atoms with van der Waals surface area (Å²) in [6.45, 7) is 7.23. The van der Waals surface area contributed by atoms with Crippen molar-refractivity contribution >= 4 is 21.9 Å². The van der Waals surface area contributed by atoms with Gasteiger partial charge in [-0.15, -0.1) is 0 Å². The Hall–Kier alpha value is -3.76. The minimum absolute atomic E-state index is 0.0169. The van der Waals surface area contributed by atoms with Crippen LogP contribution in [0.15, 0.2) is 65.6 Å². The smallest absolute Gasteiger partial charge is 0.264 e. The number of rotatable bonds is 3. The second-order valence-corrected chi connectivity index (χ2v) is 14.1. The van der Waals surface area contributed by atoms with Crippen LogP contribution in [0.3, 0.4) is 0 Å². The molecule has 3 aliphatic carbocycles. The summed E-state index contributed by atoms with van der Waals surface area (Å²) in [4.78, 5) is 27.2. The van der Waals surface area contributed by atoms with Gasteiger partial charge in [0, 0.05) is 43.4 Å². The number of sulfonamides is 1. The average molecular weight is 600 g/mol. The molecule has 0 spiro atoms. The number of anilines is 1. The molecule has 43 heavy (non-hydrogen) atoms. The number of ether oxygens (including phenoxy) is 1. The van der Waals surface area contributed by atoms with Crippen molar-refractivity contribution in [3.05, 3.63) is 77.4 Å². The van der Waals surface area contributed by atoms with Gasteiger partial charge in [-0.25, -0.2) is 18.1 Å². The van der Waals surface area contributed by atoms with Crippen molar-refractivity contribution in [3.63, 3.8) is 0 Å². The summed E-state index contributed by atoms with van der Waals surface area (Å²) in [6.07, 6.45) is 8.62. The van der Waals surface area contributed by atoms with Gasteiger partial charge >= 0.3 is 0 Å². The average Bonchev–Trinajstić information content (AvgIpc) is 3.00. The van der Waals surface area contributed by atoms with E-state index >= 15 is 0 Å². The van der Waals surface area contributed by atoms with E-state index in [-0.39, 0.29) is 35.3 Å². The Morgan fingerprint density at radius 1 is 1.00 bits per heavy atom. The molecule has 4 atom stereocenters. The van der Waals surface area contributed by atoms with Gasteiger partial charge in [0.2, 0.25) is 11.8 Å². The molecular formula is C33H37N5O4S. The molecule has 9 nitrogen and oxygen atoms in total. The summed E-state index contributed by atoms with van der Waals surface area (Å²) in [5.74, 6) is 1.96. The molecule has 2 aliphatic heterocycles. The van der Waals surface area contributed by atoms with E-state index in [1.165, 1.54) is 31.4 Å². The van der Waals surface area contributed by atoms with Crippen LogP contribution >= 0.6 is 0 Å². The van der Waals surface area contributed by atoms with Crippen LogP contribution in [-0.2, 0) is 10.0 Å². The second kappa shape index (κ2) is 11.1. The standard InChI is InChI=1S/C33H37N5O4S/c1-21-5-3-6-22(2)31(21)29-17-30-35-33(34-29)36-43(40,41)28-8-4-7-25(16-28)32(39)38-14-13-37(19-27(38)20-42-30)18-26-15-23-9-11-24(26)12-10-23/h3-9,11,16-17,23-24,26-27H,10,12-15,18-20H2,1-2H3,(H,34,35,36)/t23?,24?,26?,27-/m1/s1. The van der Waals surface area contributed by atoms with Crippen molar-refractivity contribution in [2.24, 2.45) is 17.8 Å². The lowest BCUT2D eigenvalue weighted by molar-refractivity contribution is 0.0238. The van der Waals surface area contributed by atoms with Crippen LogP contribution < -0.4 is 9.46 Å². The predicted molar refractivity (Wildman–Crippen MR) is 164 cm³/mol. The molecule has 3 aromatic rings. The topological polar surface area (TPSA) is 105 Å². The molecule has 0 radical (unpaired) electrons.